The summed E-state index contributed by atoms with van der Waals surface area (Å²) >= 11 is 13.2. The molecule has 0 aliphatic carbocycles. The highest BCUT2D eigenvalue weighted by Crippen LogP contribution is 2.30. The van der Waals surface area contributed by atoms with E-state index in [1.54, 1.807) is 0 Å². The zero-order valence-corrected chi connectivity index (χ0v) is 15.5. The van der Waals surface area contributed by atoms with Gasteiger partial charge >= 0.3 is 0 Å². The fourth-order valence-electron chi connectivity index (χ4n) is 1.85. The molecule has 0 bridgehead atoms. The molecule has 0 aliphatic heterocycles. The molecule has 0 atom stereocenters. The SMILES string of the molecule is Cc1ccc(-c2nc(Cl)c(Br)c(CC(C)C)n2)cc1Br. The van der Waals surface area contributed by atoms with Gasteiger partial charge in [-0.05, 0) is 46.8 Å². The zero-order valence-electron chi connectivity index (χ0n) is 11.5. The first-order chi connectivity index (χ1) is 9.38. The van der Waals surface area contributed by atoms with Crippen LogP contribution in [0.3, 0.4) is 0 Å². The summed E-state index contributed by atoms with van der Waals surface area (Å²) in [5, 5.41) is 0.461. The van der Waals surface area contributed by atoms with Crippen molar-refractivity contribution in [2.75, 3.05) is 0 Å². The van der Waals surface area contributed by atoms with Crippen molar-refractivity contribution in [3.8, 4) is 11.4 Å². The maximum Gasteiger partial charge on any atom is 0.161 e. The Hall–Kier alpha value is -0.450. The lowest BCUT2D eigenvalue weighted by Gasteiger charge is -2.10. The smallest absolute Gasteiger partial charge is 0.161 e. The fraction of sp³-hybridized carbons (Fsp3) is 0.333. The molecule has 0 aliphatic rings. The largest absolute Gasteiger partial charge is 0.232 e. The van der Waals surface area contributed by atoms with E-state index in [4.69, 9.17) is 11.6 Å². The number of hydrogen-bond donors (Lipinski definition) is 0. The van der Waals surface area contributed by atoms with E-state index in [-0.39, 0.29) is 0 Å². The molecule has 0 spiro atoms. The van der Waals surface area contributed by atoms with Crippen molar-refractivity contribution in [1.29, 1.82) is 0 Å². The Labute approximate surface area is 141 Å². The highest BCUT2D eigenvalue weighted by molar-refractivity contribution is 9.10. The van der Waals surface area contributed by atoms with Gasteiger partial charge in [0.15, 0.2) is 5.82 Å². The van der Waals surface area contributed by atoms with E-state index in [9.17, 15) is 0 Å². The molecule has 0 fully saturated rings. The van der Waals surface area contributed by atoms with Crippen LogP contribution in [0.1, 0.15) is 25.1 Å². The van der Waals surface area contributed by atoms with E-state index in [2.05, 4.69) is 55.7 Å². The number of aromatic nitrogens is 2. The van der Waals surface area contributed by atoms with E-state index < -0.39 is 0 Å². The second-order valence-electron chi connectivity index (χ2n) is 5.16. The summed E-state index contributed by atoms with van der Waals surface area (Å²) in [4.78, 5) is 9.02. The maximum atomic E-state index is 6.21. The quantitative estimate of drug-likeness (QED) is 0.586. The minimum absolute atomic E-state index is 0.461. The van der Waals surface area contributed by atoms with Crippen LogP contribution < -0.4 is 0 Å². The molecular weight excluding hydrogens is 403 g/mol. The number of hydrogen-bond acceptors (Lipinski definition) is 2. The highest BCUT2D eigenvalue weighted by Gasteiger charge is 2.13. The summed E-state index contributed by atoms with van der Waals surface area (Å²) in [5.41, 5.74) is 3.09. The third kappa shape index (κ3) is 3.60. The predicted molar refractivity (Wildman–Crippen MR) is 91.2 cm³/mol. The molecule has 0 amide bonds. The first-order valence-electron chi connectivity index (χ1n) is 6.37. The first-order valence-corrected chi connectivity index (χ1v) is 8.33. The molecule has 1 heterocycles. The molecule has 0 saturated carbocycles. The van der Waals surface area contributed by atoms with Gasteiger partial charge in [-0.15, -0.1) is 0 Å². The van der Waals surface area contributed by atoms with Gasteiger partial charge in [0.2, 0.25) is 0 Å². The molecule has 106 valence electrons. The summed E-state index contributed by atoms with van der Waals surface area (Å²) in [6.45, 7) is 6.36. The second kappa shape index (κ2) is 6.54. The van der Waals surface area contributed by atoms with Crippen LogP contribution in [0.4, 0.5) is 0 Å². The van der Waals surface area contributed by atoms with Crippen molar-refractivity contribution in [3.05, 3.63) is 43.6 Å². The highest BCUT2D eigenvalue weighted by atomic mass is 79.9. The minimum Gasteiger partial charge on any atom is -0.232 e. The lowest BCUT2D eigenvalue weighted by molar-refractivity contribution is 0.632. The molecule has 1 aromatic heterocycles. The third-order valence-electron chi connectivity index (χ3n) is 2.91. The van der Waals surface area contributed by atoms with Crippen LogP contribution in [0.2, 0.25) is 5.15 Å². The van der Waals surface area contributed by atoms with Gasteiger partial charge in [-0.2, -0.15) is 0 Å². The standard InChI is InChI=1S/C15H15Br2ClN2/c1-8(2)6-12-13(17)14(18)20-15(19-12)10-5-4-9(3)11(16)7-10/h4-5,7-8H,6H2,1-3H3. The number of halogens is 3. The topological polar surface area (TPSA) is 25.8 Å². The zero-order chi connectivity index (χ0) is 14.9. The molecule has 0 saturated heterocycles. The molecule has 0 radical (unpaired) electrons. The first kappa shape index (κ1) is 15.9. The Kier molecular flexibility index (Phi) is 5.21. The Balaban J connectivity index is 2.51. The van der Waals surface area contributed by atoms with Crippen LogP contribution in [0.5, 0.6) is 0 Å². The predicted octanol–water partition coefficient (Wildman–Crippen LogP) is 5.83. The molecule has 5 heteroatoms. The Morgan fingerprint density at radius 1 is 1.20 bits per heavy atom. The Bertz CT molecular complexity index is 642. The summed E-state index contributed by atoms with van der Waals surface area (Å²) < 4.78 is 1.84. The maximum absolute atomic E-state index is 6.21. The number of rotatable bonds is 3. The van der Waals surface area contributed by atoms with E-state index in [1.807, 2.05) is 25.1 Å². The van der Waals surface area contributed by atoms with Gasteiger partial charge < -0.3 is 0 Å². The van der Waals surface area contributed by atoms with E-state index in [1.165, 1.54) is 5.56 Å². The van der Waals surface area contributed by atoms with Crippen LogP contribution in [-0.2, 0) is 6.42 Å². The van der Waals surface area contributed by atoms with Crippen molar-refractivity contribution in [2.45, 2.75) is 27.2 Å². The van der Waals surface area contributed by atoms with Crippen LogP contribution in [0.25, 0.3) is 11.4 Å². The number of aryl methyl sites for hydroxylation is 1. The lowest BCUT2D eigenvalue weighted by Crippen LogP contribution is -2.02. The fourth-order valence-corrected chi connectivity index (χ4v) is 2.75. The van der Waals surface area contributed by atoms with Crippen molar-refractivity contribution < 1.29 is 0 Å². The molecule has 1 aromatic carbocycles. The van der Waals surface area contributed by atoms with Crippen molar-refractivity contribution in [3.63, 3.8) is 0 Å². The Morgan fingerprint density at radius 3 is 2.50 bits per heavy atom. The van der Waals surface area contributed by atoms with Crippen LogP contribution in [0, 0.1) is 12.8 Å². The summed E-state index contributed by atoms with van der Waals surface area (Å²) in [6.07, 6.45) is 0.864. The normalized spacial score (nSPS) is 11.2. The summed E-state index contributed by atoms with van der Waals surface area (Å²) in [5.74, 6) is 1.17. The van der Waals surface area contributed by atoms with Gasteiger partial charge in [0.1, 0.15) is 5.15 Å². The van der Waals surface area contributed by atoms with E-state index in [0.29, 0.717) is 16.9 Å². The third-order valence-corrected chi connectivity index (χ3v) is 5.10. The molecular formula is C15H15Br2ClN2. The summed E-state index contributed by atoms with van der Waals surface area (Å²) in [7, 11) is 0. The van der Waals surface area contributed by atoms with Crippen molar-refractivity contribution in [2.24, 2.45) is 5.92 Å². The van der Waals surface area contributed by atoms with Crippen LogP contribution in [0.15, 0.2) is 27.1 Å². The molecule has 20 heavy (non-hydrogen) atoms. The molecule has 2 aromatic rings. The van der Waals surface area contributed by atoms with E-state index in [0.717, 1.165) is 26.6 Å². The van der Waals surface area contributed by atoms with Gasteiger partial charge in [0.05, 0.1) is 10.2 Å². The van der Waals surface area contributed by atoms with Crippen molar-refractivity contribution in [1.82, 2.24) is 9.97 Å². The van der Waals surface area contributed by atoms with Crippen LogP contribution >= 0.6 is 43.5 Å². The van der Waals surface area contributed by atoms with Gasteiger partial charge in [-0.3, -0.25) is 0 Å². The number of nitrogens with zero attached hydrogens (tertiary/aromatic N) is 2. The monoisotopic (exact) mass is 416 g/mol. The molecule has 0 unspecified atom stereocenters. The molecule has 0 N–H and O–H groups in total. The van der Waals surface area contributed by atoms with Gasteiger partial charge in [0.25, 0.3) is 0 Å². The number of benzene rings is 1. The molecule has 2 rings (SSSR count). The minimum atomic E-state index is 0.461. The molecule has 2 nitrogen and oxygen atoms in total. The van der Waals surface area contributed by atoms with Gasteiger partial charge in [-0.1, -0.05) is 53.5 Å². The summed E-state index contributed by atoms with van der Waals surface area (Å²) in [6, 6.07) is 6.08. The van der Waals surface area contributed by atoms with Crippen LogP contribution in [-0.4, -0.2) is 9.97 Å². The van der Waals surface area contributed by atoms with E-state index >= 15 is 0 Å². The van der Waals surface area contributed by atoms with Crippen molar-refractivity contribution >= 4 is 43.5 Å². The van der Waals surface area contributed by atoms with Gasteiger partial charge in [-0.25, -0.2) is 9.97 Å². The Morgan fingerprint density at radius 2 is 1.90 bits per heavy atom. The second-order valence-corrected chi connectivity index (χ2v) is 7.17. The lowest BCUT2D eigenvalue weighted by atomic mass is 10.1. The average Bonchev–Trinajstić information content (AvgIpc) is 2.37. The average molecular weight is 419 g/mol. The van der Waals surface area contributed by atoms with Gasteiger partial charge in [0, 0.05) is 10.0 Å².